The van der Waals surface area contributed by atoms with E-state index in [9.17, 15) is 4.79 Å². The largest absolute Gasteiger partial charge is 0.281 e. The van der Waals surface area contributed by atoms with E-state index < -0.39 is 0 Å². The molecule has 0 aromatic heterocycles. The van der Waals surface area contributed by atoms with Crippen molar-refractivity contribution in [2.45, 2.75) is 96.8 Å². The van der Waals surface area contributed by atoms with E-state index in [1.807, 2.05) is 0 Å². The molecule has 0 aromatic carbocycles. The highest BCUT2D eigenvalue weighted by Crippen LogP contribution is 2.11. The molecule has 0 aromatic rings. The number of carbonyl (C=O) groups excluding carboxylic acids is 1. The first-order valence-electron chi connectivity index (χ1n) is 8.60. The molecular formula is C18H33ClO. The molecule has 20 heavy (non-hydrogen) atoms. The van der Waals surface area contributed by atoms with Gasteiger partial charge in [0.1, 0.15) is 0 Å². The number of unbranched alkanes of at least 4 members (excludes halogenated alkanes) is 11. The first-order chi connectivity index (χ1) is 9.77. The molecule has 0 fully saturated rings. The van der Waals surface area contributed by atoms with Crippen LogP contribution in [0.2, 0.25) is 0 Å². The van der Waals surface area contributed by atoms with Crippen LogP contribution >= 0.6 is 11.6 Å². The number of halogens is 1. The number of carbonyl (C=O) groups is 1. The van der Waals surface area contributed by atoms with Gasteiger partial charge >= 0.3 is 0 Å². The van der Waals surface area contributed by atoms with Gasteiger partial charge in [0.2, 0.25) is 5.24 Å². The fourth-order valence-corrected chi connectivity index (χ4v) is 2.48. The van der Waals surface area contributed by atoms with Crippen LogP contribution in [0.15, 0.2) is 12.2 Å². The lowest BCUT2D eigenvalue weighted by Crippen LogP contribution is -1.84. The van der Waals surface area contributed by atoms with Gasteiger partial charge in [0, 0.05) is 6.42 Å². The van der Waals surface area contributed by atoms with E-state index >= 15 is 0 Å². The van der Waals surface area contributed by atoms with Crippen molar-refractivity contribution in [3.63, 3.8) is 0 Å². The molecule has 0 N–H and O–H groups in total. The first kappa shape index (κ1) is 19.7. The lowest BCUT2D eigenvalue weighted by Gasteiger charge is -2.01. The Morgan fingerprint density at radius 2 is 1.20 bits per heavy atom. The summed E-state index contributed by atoms with van der Waals surface area (Å²) < 4.78 is 0. The van der Waals surface area contributed by atoms with Crippen LogP contribution in [-0.2, 0) is 4.79 Å². The highest BCUT2D eigenvalue weighted by Gasteiger charge is 1.93. The average Bonchev–Trinajstić information content (AvgIpc) is 2.43. The van der Waals surface area contributed by atoms with Gasteiger partial charge in [0.05, 0.1) is 0 Å². The van der Waals surface area contributed by atoms with Gasteiger partial charge in [-0.3, -0.25) is 4.79 Å². The zero-order chi connectivity index (χ0) is 14.9. The highest BCUT2D eigenvalue weighted by molar-refractivity contribution is 6.63. The lowest BCUT2D eigenvalue weighted by atomic mass is 10.1. The summed E-state index contributed by atoms with van der Waals surface area (Å²) in [6, 6.07) is 0. The maximum Gasteiger partial charge on any atom is 0.221 e. The van der Waals surface area contributed by atoms with Crippen molar-refractivity contribution in [3.05, 3.63) is 12.2 Å². The van der Waals surface area contributed by atoms with Crippen molar-refractivity contribution in [1.29, 1.82) is 0 Å². The van der Waals surface area contributed by atoms with E-state index in [1.165, 1.54) is 70.6 Å². The van der Waals surface area contributed by atoms with E-state index in [2.05, 4.69) is 19.1 Å². The molecule has 0 amide bonds. The second kappa shape index (κ2) is 16.8. The summed E-state index contributed by atoms with van der Waals surface area (Å²) in [6.45, 7) is 2.27. The third kappa shape index (κ3) is 17.7. The number of hydrogen-bond donors (Lipinski definition) is 0. The molecule has 0 aliphatic rings. The van der Waals surface area contributed by atoms with Crippen LogP contribution in [0.1, 0.15) is 96.8 Å². The fraction of sp³-hybridized carbons (Fsp3) is 0.833. The Bertz CT molecular complexity index is 236. The summed E-state index contributed by atoms with van der Waals surface area (Å²) in [5.41, 5.74) is 0. The Kier molecular flexibility index (Phi) is 16.5. The molecular weight excluding hydrogens is 268 g/mol. The molecule has 0 saturated carbocycles. The molecule has 2 heteroatoms. The van der Waals surface area contributed by atoms with Gasteiger partial charge in [-0.25, -0.2) is 0 Å². The first-order valence-corrected chi connectivity index (χ1v) is 8.98. The Morgan fingerprint density at radius 3 is 1.70 bits per heavy atom. The molecule has 0 saturated heterocycles. The predicted molar refractivity (Wildman–Crippen MR) is 90.3 cm³/mol. The van der Waals surface area contributed by atoms with Crippen LogP contribution in [-0.4, -0.2) is 5.24 Å². The van der Waals surface area contributed by atoms with Crippen LogP contribution in [0, 0.1) is 0 Å². The van der Waals surface area contributed by atoms with Gasteiger partial charge < -0.3 is 0 Å². The minimum atomic E-state index is -0.215. The number of hydrogen-bond acceptors (Lipinski definition) is 1. The van der Waals surface area contributed by atoms with Crippen LogP contribution in [0.25, 0.3) is 0 Å². The van der Waals surface area contributed by atoms with Crippen molar-refractivity contribution in [1.82, 2.24) is 0 Å². The maximum absolute atomic E-state index is 10.5. The zero-order valence-corrected chi connectivity index (χ0v) is 14.1. The minimum Gasteiger partial charge on any atom is -0.281 e. The van der Waals surface area contributed by atoms with Crippen molar-refractivity contribution < 1.29 is 4.79 Å². The second-order valence-corrected chi connectivity index (χ2v) is 6.11. The summed E-state index contributed by atoms with van der Waals surface area (Å²) in [5.74, 6) is 0. The molecule has 0 spiro atoms. The van der Waals surface area contributed by atoms with Gasteiger partial charge in [-0.15, -0.1) is 0 Å². The van der Waals surface area contributed by atoms with E-state index in [-0.39, 0.29) is 5.24 Å². The summed E-state index contributed by atoms with van der Waals surface area (Å²) in [6.07, 6.45) is 21.9. The molecule has 0 rings (SSSR count). The summed E-state index contributed by atoms with van der Waals surface area (Å²) in [5, 5.41) is -0.215. The van der Waals surface area contributed by atoms with Crippen molar-refractivity contribution >= 4 is 16.8 Å². The standard InChI is InChI=1S/C18H33ClO/c1-2-3-4-5-6-7-8-9-10-11-12-13-14-15-16-17-18(19)20/h13-14H,2-12,15-17H2,1H3/b14-13+. The average molecular weight is 301 g/mol. The molecule has 0 unspecified atom stereocenters. The Labute approximate surface area is 131 Å². The molecule has 0 atom stereocenters. The van der Waals surface area contributed by atoms with E-state index in [4.69, 9.17) is 11.6 Å². The minimum absolute atomic E-state index is 0.215. The SMILES string of the molecule is CCCCCCCCCCCC/C=C/CCCC(=O)Cl. The van der Waals surface area contributed by atoms with E-state index in [0.29, 0.717) is 6.42 Å². The molecule has 118 valence electrons. The van der Waals surface area contributed by atoms with Gasteiger partial charge in [0.15, 0.2) is 0 Å². The Hall–Kier alpha value is -0.300. The van der Waals surface area contributed by atoms with Gasteiger partial charge in [-0.05, 0) is 37.3 Å². The normalized spacial score (nSPS) is 11.3. The van der Waals surface area contributed by atoms with Crippen LogP contribution in [0.4, 0.5) is 0 Å². The van der Waals surface area contributed by atoms with E-state index in [1.54, 1.807) is 0 Å². The summed E-state index contributed by atoms with van der Waals surface area (Å²) >= 11 is 5.27. The smallest absolute Gasteiger partial charge is 0.221 e. The van der Waals surface area contributed by atoms with Crippen LogP contribution < -0.4 is 0 Å². The molecule has 0 aliphatic carbocycles. The molecule has 0 radical (unpaired) electrons. The lowest BCUT2D eigenvalue weighted by molar-refractivity contribution is -0.111. The fourth-order valence-electron chi connectivity index (χ4n) is 2.34. The molecule has 0 bridgehead atoms. The maximum atomic E-state index is 10.5. The Morgan fingerprint density at radius 1 is 0.750 bits per heavy atom. The topological polar surface area (TPSA) is 17.1 Å². The zero-order valence-electron chi connectivity index (χ0n) is 13.3. The number of rotatable bonds is 15. The van der Waals surface area contributed by atoms with Gasteiger partial charge in [0.25, 0.3) is 0 Å². The van der Waals surface area contributed by atoms with Crippen LogP contribution in [0.5, 0.6) is 0 Å². The van der Waals surface area contributed by atoms with Crippen molar-refractivity contribution in [2.75, 3.05) is 0 Å². The predicted octanol–water partition coefficient (Wildman–Crippen LogP) is 6.79. The van der Waals surface area contributed by atoms with Crippen molar-refractivity contribution in [2.24, 2.45) is 0 Å². The monoisotopic (exact) mass is 300 g/mol. The van der Waals surface area contributed by atoms with Crippen molar-refractivity contribution in [3.8, 4) is 0 Å². The third-order valence-electron chi connectivity index (χ3n) is 3.64. The second-order valence-electron chi connectivity index (χ2n) is 5.69. The molecule has 0 heterocycles. The van der Waals surface area contributed by atoms with Gasteiger partial charge in [-0.1, -0.05) is 76.9 Å². The summed E-state index contributed by atoms with van der Waals surface area (Å²) in [7, 11) is 0. The quantitative estimate of drug-likeness (QED) is 0.185. The third-order valence-corrected chi connectivity index (χ3v) is 3.82. The summed E-state index contributed by atoms with van der Waals surface area (Å²) in [4.78, 5) is 10.5. The Balaban J connectivity index is 3.05. The highest BCUT2D eigenvalue weighted by atomic mass is 35.5. The van der Waals surface area contributed by atoms with Crippen LogP contribution in [0.3, 0.4) is 0 Å². The van der Waals surface area contributed by atoms with Gasteiger partial charge in [-0.2, -0.15) is 0 Å². The molecule has 1 nitrogen and oxygen atoms in total. The van der Waals surface area contributed by atoms with E-state index in [0.717, 1.165) is 12.8 Å². The molecule has 0 aliphatic heterocycles. The number of allylic oxidation sites excluding steroid dienone is 2.